The van der Waals surface area contributed by atoms with E-state index in [1.54, 1.807) is 7.11 Å². The average Bonchev–Trinajstić information content (AvgIpc) is 2.21. The Morgan fingerprint density at radius 3 is 2.31 bits per heavy atom. The van der Waals surface area contributed by atoms with E-state index in [2.05, 4.69) is 36.0 Å². The standard InChI is InChI=1S/C12H27N3O/c1-11(13-12(2)10-16-4)9-15-7-5-14(3)6-8-15/h11-13H,5-10H2,1-4H3. The van der Waals surface area contributed by atoms with E-state index in [9.17, 15) is 0 Å². The lowest BCUT2D eigenvalue weighted by molar-refractivity contribution is 0.132. The zero-order valence-electron chi connectivity index (χ0n) is 11.2. The van der Waals surface area contributed by atoms with Gasteiger partial charge < -0.3 is 15.0 Å². The summed E-state index contributed by atoms with van der Waals surface area (Å²) >= 11 is 0. The molecule has 0 aromatic rings. The average molecular weight is 229 g/mol. The van der Waals surface area contributed by atoms with Crippen LogP contribution in [0.3, 0.4) is 0 Å². The third-order valence-corrected chi connectivity index (χ3v) is 3.11. The number of hydrogen-bond acceptors (Lipinski definition) is 4. The summed E-state index contributed by atoms with van der Waals surface area (Å²) < 4.78 is 5.13. The molecule has 0 aromatic heterocycles. The van der Waals surface area contributed by atoms with Crippen molar-refractivity contribution in [3.63, 3.8) is 0 Å². The fraction of sp³-hybridized carbons (Fsp3) is 1.00. The van der Waals surface area contributed by atoms with Crippen molar-refractivity contribution in [3.8, 4) is 0 Å². The topological polar surface area (TPSA) is 27.7 Å². The first-order valence-electron chi connectivity index (χ1n) is 6.27. The van der Waals surface area contributed by atoms with Crippen LogP contribution in [-0.4, -0.2) is 75.4 Å². The maximum atomic E-state index is 5.13. The number of hydrogen-bond donors (Lipinski definition) is 1. The Morgan fingerprint density at radius 2 is 1.75 bits per heavy atom. The predicted molar refractivity (Wildman–Crippen MR) is 67.9 cm³/mol. The molecule has 1 fully saturated rings. The van der Waals surface area contributed by atoms with Crippen LogP contribution in [0.2, 0.25) is 0 Å². The highest BCUT2D eigenvalue weighted by atomic mass is 16.5. The molecule has 0 amide bonds. The molecule has 0 bridgehead atoms. The molecule has 4 heteroatoms. The largest absolute Gasteiger partial charge is 0.383 e. The lowest BCUT2D eigenvalue weighted by atomic mass is 10.2. The molecule has 96 valence electrons. The van der Waals surface area contributed by atoms with E-state index in [4.69, 9.17) is 4.74 Å². The van der Waals surface area contributed by atoms with E-state index < -0.39 is 0 Å². The second-order valence-electron chi connectivity index (χ2n) is 5.03. The van der Waals surface area contributed by atoms with Gasteiger partial charge in [-0.3, -0.25) is 4.90 Å². The van der Waals surface area contributed by atoms with Gasteiger partial charge in [0.1, 0.15) is 0 Å². The third-order valence-electron chi connectivity index (χ3n) is 3.11. The van der Waals surface area contributed by atoms with Crippen molar-refractivity contribution in [2.75, 3.05) is 53.5 Å². The monoisotopic (exact) mass is 229 g/mol. The molecule has 0 radical (unpaired) electrons. The maximum absolute atomic E-state index is 5.13. The number of methoxy groups -OCH3 is 1. The summed E-state index contributed by atoms with van der Waals surface area (Å²) in [5.41, 5.74) is 0. The molecule has 1 saturated heterocycles. The van der Waals surface area contributed by atoms with Crippen molar-refractivity contribution >= 4 is 0 Å². The normalized spacial score (nSPS) is 23.2. The highest BCUT2D eigenvalue weighted by Crippen LogP contribution is 2.00. The molecule has 2 atom stereocenters. The van der Waals surface area contributed by atoms with Crippen LogP contribution < -0.4 is 5.32 Å². The lowest BCUT2D eigenvalue weighted by Gasteiger charge is -2.34. The molecular weight excluding hydrogens is 202 g/mol. The van der Waals surface area contributed by atoms with Crippen LogP contribution in [0.15, 0.2) is 0 Å². The summed E-state index contributed by atoms with van der Waals surface area (Å²) in [7, 11) is 3.95. The van der Waals surface area contributed by atoms with Crippen LogP contribution in [0.1, 0.15) is 13.8 Å². The molecular formula is C12H27N3O. The van der Waals surface area contributed by atoms with Gasteiger partial charge in [-0.2, -0.15) is 0 Å². The van der Waals surface area contributed by atoms with E-state index in [0.717, 1.165) is 13.2 Å². The summed E-state index contributed by atoms with van der Waals surface area (Å²) in [5, 5.41) is 3.56. The first-order valence-corrected chi connectivity index (χ1v) is 6.27. The second-order valence-corrected chi connectivity index (χ2v) is 5.03. The van der Waals surface area contributed by atoms with E-state index in [-0.39, 0.29) is 0 Å². The summed E-state index contributed by atoms with van der Waals surface area (Å²) in [6, 6.07) is 0.973. The van der Waals surface area contributed by atoms with Crippen molar-refractivity contribution in [1.29, 1.82) is 0 Å². The molecule has 1 aliphatic rings. The van der Waals surface area contributed by atoms with Crippen LogP contribution in [0.5, 0.6) is 0 Å². The zero-order chi connectivity index (χ0) is 12.0. The predicted octanol–water partition coefficient (Wildman–Crippen LogP) is 0.247. The molecule has 1 heterocycles. The van der Waals surface area contributed by atoms with Gasteiger partial charge >= 0.3 is 0 Å². The van der Waals surface area contributed by atoms with Gasteiger partial charge in [0, 0.05) is 51.9 Å². The Bertz CT molecular complexity index is 181. The molecule has 1 N–H and O–H groups in total. The van der Waals surface area contributed by atoms with E-state index in [1.807, 2.05) is 0 Å². The lowest BCUT2D eigenvalue weighted by Crippen LogP contribution is -2.50. The highest BCUT2D eigenvalue weighted by Gasteiger charge is 2.16. The van der Waals surface area contributed by atoms with Crippen molar-refractivity contribution in [3.05, 3.63) is 0 Å². The SMILES string of the molecule is COCC(C)NC(C)CN1CCN(C)CC1. The molecule has 4 nitrogen and oxygen atoms in total. The quantitative estimate of drug-likeness (QED) is 0.706. The van der Waals surface area contributed by atoms with Crippen molar-refractivity contribution < 1.29 is 4.74 Å². The molecule has 0 saturated carbocycles. The maximum Gasteiger partial charge on any atom is 0.0613 e. The molecule has 0 aromatic carbocycles. The number of likely N-dealkylation sites (N-methyl/N-ethyl adjacent to an activating group) is 1. The number of nitrogens with zero attached hydrogens (tertiary/aromatic N) is 2. The van der Waals surface area contributed by atoms with Crippen molar-refractivity contribution in [1.82, 2.24) is 15.1 Å². The Labute approximate surface area is 99.9 Å². The van der Waals surface area contributed by atoms with Gasteiger partial charge in [0.15, 0.2) is 0 Å². The van der Waals surface area contributed by atoms with Crippen molar-refractivity contribution in [2.24, 2.45) is 0 Å². The van der Waals surface area contributed by atoms with Crippen LogP contribution >= 0.6 is 0 Å². The zero-order valence-corrected chi connectivity index (χ0v) is 11.2. The van der Waals surface area contributed by atoms with Gasteiger partial charge in [-0.1, -0.05) is 0 Å². The van der Waals surface area contributed by atoms with Gasteiger partial charge in [-0.25, -0.2) is 0 Å². The minimum absolute atomic E-state index is 0.437. The minimum atomic E-state index is 0.437. The van der Waals surface area contributed by atoms with Gasteiger partial charge in [0.05, 0.1) is 6.61 Å². The molecule has 0 aliphatic carbocycles. The van der Waals surface area contributed by atoms with Crippen LogP contribution in [-0.2, 0) is 4.74 Å². The number of piperazine rings is 1. The highest BCUT2D eigenvalue weighted by molar-refractivity contribution is 4.75. The summed E-state index contributed by atoms with van der Waals surface area (Å²) in [6.07, 6.45) is 0. The van der Waals surface area contributed by atoms with Gasteiger partial charge in [0.25, 0.3) is 0 Å². The molecule has 1 aliphatic heterocycles. The van der Waals surface area contributed by atoms with E-state index in [0.29, 0.717) is 12.1 Å². The van der Waals surface area contributed by atoms with Gasteiger partial charge in [-0.15, -0.1) is 0 Å². The number of ether oxygens (including phenoxy) is 1. The van der Waals surface area contributed by atoms with Crippen LogP contribution in [0.25, 0.3) is 0 Å². The fourth-order valence-electron chi connectivity index (χ4n) is 2.25. The Balaban J connectivity index is 2.15. The first kappa shape index (κ1) is 13.9. The number of nitrogens with one attached hydrogen (secondary N) is 1. The van der Waals surface area contributed by atoms with Crippen LogP contribution in [0, 0.1) is 0 Å². The molecule has 2 unspecified atom stereocenters. The van der Waals surface area contributed by atoms with Crippen LogP contribution in [0.4, 0.5) is 0 Å². The van der Waals surface area contributed by atoms with Crippen molar-refractivity contribution in [2.45, 2.75) is 25.9 Å². The summed E-state index contributed by atoms with van der Waals surface area (Å²) in [5.74, 6) is 0. The van der Waals surface area contributed by atoms with E-state index >= 15 is 0 Å². The number of rotatable bonds is 6. The molecule has 16 heavy (non-hydrogen) atoms. The van der Waals surface area contributed by atoms with Gasteiger partial charge in [0.2, 0.25) is 0 Å². The second kappa shape index (κ2) is 7.22. The summed E-state index contributed by atoms with van der Waals surface area (Å²) in [6.45, 7) is 11.1. The third kappa shape index (κ3) is 5.25. The Kier molecular flexibility index (Phi) is 6.28. The minimum Gasteiger partial charge on any atom is -0.383 e. The summed E-state index contributed by atoms with van der Waals surface area (Å²) in [4.78, 5) is 4.93. The molecule has 1 rings (SSSR count). The first-order chi connectivity index (χ1) is 7.61. The smallest absolute Gasteiger partial charge is 0.0613 e. The molecule has 0 spiro atoms. The Morgan fingerprint density at radius 1 is 1.12 bits per heavy atom. The fourth-order valence-corrected chi connectivity index (χ4v) is 2.25. The Hall–Kier alpha value is -0.160. The van der Waals surface area contributed by atoms with E-state index in [1.165, 1.54) is 26.2 Å². The van der Waals surface area contributed by atoms with Gasteiger partial charge in [-0.05, 0) is 20.9 Å².